The molecular formula is C19H22BrN3. The Bertz CT molecular complexity index is 701. The minimum atomic E-state index is 0.791. The second-order valence-corrected chi connectivity index (χ2v) is 6.72. The Hall–Kier alpha value is -1.68. The van der Waals surface area contributed by atoms with E-state index in [0.29, 0.717) is 0 Å². The van der Waals surface area contributed by atoms with E-state index < -0.39 is 0 Å². The van der Waals surface area contributed by atoms with Crippen molar-refractivity contribution < 1.29 is 0 Å². The molecule has 120 valence electrons. The first-order valence-corrected chi connectivity index (χ1v) is 9.08. The highest BCUT2D eigenvalue weighted by Gasteiger charge is 2.17. The Kier molecular flexibility index (Phi) is 5.11. The lowest BCUT2D eigenvalue weighted by Crippen LogP contribution is -2.24. The summed E-state index contributed by atoms with van der Waals surface area (Å²) in [5.74, 6) is 0. The SMILES string of the molecule is CCCN(CCC)c1ccc(C2=Cc3nc(Br)cnc3C2)cc1. The molecule has 0 unspecified atom stereocenters. The molecule has 0 atom stereocenters. The van der Waals surface area contributed by atoms with E-state index >= 15 is 0 Å². The maximum absolute atomic E-state index is 4.49. The molecule has 3 rings (SSSR count). The molecule has 0 amide bonds. The summed E-state index contributed by atoms with van der Waals surface area (Å²) < 4.78 is 0.791. The Morgan fingerprint density at radius 2 is 1.78 bits per heavy atom. The summed E-state index contributed by atoms with van der Waals surface area (Å²) in [5, 5.41) is 0. The first-order chi connectivity index (χ1) is 11.2. The molecule has 1 aliphatic carbocycles. The number of hydrogen-bond donors (Lipinski definition) is 0. The summed E-state index contributed by atoms with van der Waals surface area (Å²) in [6.07, 6.45) is 7.13. The van der Waals surface area contributed by atoms with Gasteiger partial charge in [0.1, 0.15) is 4.60 Å². The zero-order valence-electron chi connectivity index (χ0n) is 13.7. The van der Waals surface area contributed by atoms with Crippen LogP contribution in [0.15, 0.2) is 35.1 Å². The van der Waals surface area contributed by atoms with Crippen LogP contribution in [0.5, 0.6) is 0 Å². The van der Waals surface area contributed by atoms with Crippen molar-refractivity contribution in [3.63, 3.8) is 0 Å². The van der Waals surface area contributed by atoms with Crippen LogP contribution in [0.4, 0.5) is 5.69 Å². The van der Waals surface area contributed by atoms with Gasteiger partial charge in [0.2, 0.25) is 0 Å². The molecule has 1 aromatic carbocycles. The Balaban J connectivity index is 1.79. The molecule has 0 radical (unpaired) electrons. The molecule has 0 spiro atoms. The zero-order chi connectivity index (χ0) is 16.2. The average Bonchev–Trinajstić information content (AvgIpc) is 2.98. The highest BCUT2D eigenvalue weighted by atomic mass is 79.9. The second kappa shape index (κ2) is 7.26. The molecule has 0 bridgehead atoms. The van der Waals surface area contributed by atoms with Gasteiger partial charge in [-0.15, -0.1) is 0 Å². The summed E-state index contributed by atoms with van der Waals surface area (Å²) in [6, 6.07) is 8.92. The first kappa shape index (κ1) is 16.2. The van der Waals surface area contributed by atoms with Gasteiger partial charge in [-0.2, -0.15) is 0 Å². The van der Waals surface area contributed by atoms with E-state index in [-0.39, 0.29) is 0 Å². The highest BCUT2D eigenvalue weighted by Crippen LogP contribution is 2.31. The maximum atomic E-state index is 4.49. The van der Waals surface area contributed by atoms with E-state index in [1.54, 1.807) is 6.20 Å². The van der Waals surface area contributed by atoms with Crippen molar-refractivity contribution in [2.24, 2.45) is 0 Å². The normalized spacial score (nSPS) is 12.9. The highest BCUT2D eigenvalue weighted by molar-refractivity contribution is 9.10. The fraction of sp³-hybridized carbons (Fsp3) is 0.368. The predicted octanol–water partition coefficient (Wildman–Crippen LogP) is 4.96. The Morgan fingerprint density at radius 1 is 1.09 bits per heavy atom. The molecule has 1 aliphatic rings. The van der Waals surface area contributed by atoms with Crippen LogP contribution in [0.3, 0.4) is 0 Å². The third kappa shape index (κ3) is 3.63. The summed E-state index contributed by atoms with van der Waals surface area (Å²) in [7, 11) is 0. The van der Waals surface area contributed by atoms with Crippen LogP contribution in [0.25, 0.3) is 11.6 Å². The number of anilines is 1. The smallest absolute Gasteiger partial charge is 0.125 e. The summed E-state index contributed by atoms with van der Waals surface area (Å²) in [4.78, 5) is 11.4. The van der Waals surface area contributed by atoms with Crippen molar-refractivity contribution >= 4 is 33.3 Å². The van der Waals surface area contributed by atoms with Crippen molar-refractivity contribution in [1.82, 2.24) is 9.97 Å². The van der Waals surface area contributed by atoms with Crippen molar-refractivity contribution in [2.45, 2.75) is 33.1 Å². The molecule has 0 N–H and O–H groups in total. The van der Waals surface area contributed by atoms with Gasteiger partial charge in [-0.3, -0.25) is 4.98 Å². The van der Waals surface area contributed by atoms with Crippen LogP contribution in [0, 0.1) is 0 Å². The van der Waals surface area contributed by atoms with E-state index in [1.807, 2.05) is 0 Å². The van der Waals surface area contributed by atoms with Crippen LogP contribution in [-0.2, 0) is 6.42 Å². The Morgan fingerprint density at radius 3 is 2.43 bits per heavy atom. The number of halogens is 1. The fourth-order valence-corrected chi connectivity index (χ4v) is 3.33. The first-order valence-electron chi connectivity index (χ1n) is 8.28. The zero-order valence-corrected chi connectivity index (χ0v) is 15.3. The number of rotatable bonds is 6. The van der Waals surface area contributed by atoms with Crippen molar-refractivity contribution in [3.05, 3.63) is 52.0 Å². The molecular weight excluding hydrogens is 350 g/mol. The number of hydrogen-bond acceptors (Lipinski definition) is 3. The molecule has 0 saturated carbocycles. The van der Waals surface area contributed by atoms with Crippen LogP contribution in [0.1, 0.15) is 43.6 Å². The molecule has 23 heavy (non-hydrogen) atoms. The average molecular weight is 372 g/mol. The van der Waals surface area contributed by atoms with Crippen LogP contribution < -0.4 is 4.90 Å². The van der Waals surface area contributed by atoms with E-state index in [0.717, 1.165) is 35.5 Å². The number of fused-ring (bicyclic) bond motifs is 1. The largest absolute Gasteiger partial charge is 0.372 e. The quantitative estimate of drug-likeness (QED) is 0.718. The van der Waals surface area contributed by atoms with Gasteiger partial charge < -0.3 is 4.90 Å². The fourth-order valence-electron chi connectivity index (χ4n) is 3.04. The lowest BCUT2D eigenvalue weighted by Gasteiger charge is -2.24. The van der Waals surface area contributed by atoms with Gasteiger partial charge in [0, 0.05) is 25.2 Å². The number of benzene rings is 1. The van der Waals surface area contributed by atoms with Gasteiger partial charge in [-0.25, -0.2) is 4.98 Å². The third-order valence-electron chi connectivity index (χ3n) is 4.11. The van der Waals surface area contributed by atoms with Gasteiger partial charge in [-0.1, -0.05) is 26.0 Å². The Labute approximate surface area is 146 Å². The van der Waals surface area contributed by atoms with Gasteiger partial charge >= 0.3 is 0 Å². The van der Waals surface area contributed by atoms with Crippen LogP contribution >= 0.6 is 15.9 Å². The van der Waals surface area contributed by atoms with Gasteiger partial charge in [0.05, 0.1) is 17.6 Å². The second-order valence-electron chi connectivity index (χ2n) is 5.90. The summed E-state index contributed by atoms with van der Waals surface area (Å²) in [5.41, 5.74) is 5.91. The van der Waals surface area contributed by atoms with Crippen molar-refractivity contribution in [2.75, 3.05) is 18.0 Å². The molecule has 1 aromatic heterocycles. The van der Waals surface area contributed by atoms with Gasteiger partial charge in [-0.05, 0) is 58.1 Å². The minimum absolute atomic E-state index is 0.791. The number of allylic oxidation sites excluding steroid dienone is 1. The third-order valence-corrected chi connectivity index (χ3v) is 4.49. The summed E-state index contributed by atoms with van der Waals surface area (Å²) in [6.45, 7) is 6.69. The van der Waals surface area contributed by atoms with E-state index in [2.05, 4.69) is 75.0 Å². The molecule has 3 nitrogen and oxygen atoms in total. The molecule has 4 heteroatoms. The minimum Gasteiger partial charge on any atom is -0.372 e. The molecule has 2 aromatic rings. The van der Waals surface area contributed by atoms with Crippen LogP contribution in [-0.4, -0.2) is 23.1 Å². The maximum Gasteiger partial charge on any atom is 0.125 e. The van der Waals surface area contributed by atoms with Crippen molar-refractivity contribution in [3.8, 4) is 0 Å². The molecule has 1 heterocycles. The lowest BCUT2D eigenvalue weighted by atomic mass is 10.0. The number of nitrogens with zero attached hydrogens (tertiary/aromatic N) is 3. The van der Waals surface area contributed by atoms with Gasteiger partial charge in [0.15, 0.2) is 0 Å². The molecule has 0 aliphatic heterocycles. The standard InChI is InChI=1S/C19H22BrN3/c1-3-9-23(10-4-2)16-7-5-14(6-8-16)15-11-17-18(12-15)22-19(20)13-21-17/h5-8,12-13H,3-4,9-11H2,1-2H3. The van der Waals surface area contributed by atoms with E-state index in [4.69, 9.17) is 0 Å². The van der Waals surface area contributed by atoms with E-state index in [1.165, 1.54) is 29.7 Å². The molecule has 0 fully saturated rings. The van der Waals surface area contributed by atoms with Crippen molar-refractivity contribution in [1.29, 1.82) is 0 Å². The monoisotopic (exact) mass is 371 g/mol. The summed E-state index contributed by atoms with van der Waals surface area (Å²) >= 11 is 3.39. The van der Waals surface area contributed by atoms with Crippen LogP contribution in [0.2, 0.25) is 0 Å². The molecule has 0 saturated heterocycles. The van der Waals surface area contributed by atoms with E-state index in [9.17, 15) is 0 Å². The predicted molar refractivity (Wildman–Crippen MR) is 101 cm³/mol. The lowest BCUT2D eigenvalue weighted by molar-refractivity contribution is 0.745. The number of aromatic nitrogens is 2. The van der Waals surface area contributed by atoms with Gasteiger partial charge in [0.25, 0.3) is 0 Å². The topological polar surface area (TPSA) is 29.0 Å².